The van der Waals surface area contributed by atoms with Gasteiger partial charge in [0.2, 0.25) is 0 Å². The Hall–Kier alpha value is -2.35. The molecule has 0 radical (unpaired) electrons. The Kier molecular flexibility index (Phi) is 5.70. The van der Waals surface area contributed by atoms with E-state index in [2.05, 4.69) is 92.5 Å². The van der Waals surface area contributed by atoms with Crippen molar-refractivity contribution in [2.45, 2.75) is 33.2 Å². The molecule has 1 aliphatic carbocycles. The van der Waals surface area contributed by atoms with Gasteiger partial charge in [0.05, 0.1) is 12.6 Å². The molecular formula is C23H28N2. The third-order valence-electron chi connectivity index (χ3n) is 4.97. The number of hydrogen-bond acceptors (Lipinski definition) is 2. The van der Waals surface area contributed by atoms with Crippen molar-refractivity contribution in [1.82, 2.24) is 4.90 Å². The van der Waals surface area contributed by atoms with Crippen molar-refractivity contribution < 1.29 is 0 Å². The number of rotatable bonds is 5. The Morgan fingerprint density at radius 3 is 2.64 bits per heavy atom. The topological polar surface area (TPSA) is 15.6 Å². The highest BCUT2D eigenvalue weighted by Gasteiger charge is 2.32. The van der Waals surface area contributed by atoms with E-state index in [1.54, 1.807) is 0 Å². The summed E-state index contributed by atoms with van der Waals surface area (Å²) in [6, 6.07) is 9.07. The molecule has 25 heavy (non-hydrogen) atoms. The maximum Gasteiger partial charge on any atom is 0.131 e. The van der Waals surface area contributed by atoms with Crippen LogP contribution in [0.1, 0.15) is 31.4 Å². The van der Waals surface area contributed by atoms with Crippen molar-refractivity contribution in [2.24, 2.45) is 10.9 Å². The van der Waals surface area contributed by atoms with Gasteiger partial charge in [0.25, 0.3) is 0 Å². The summed E-state index contributed by atoms with van der Waals surface area (Å²) in [4.78, 5) is 7.37. The highest BCUT2D eigenvalue weighted by molar-refractivity contribution is 6.00. The van der Waals surface area contributed by atoms with E-state index in [0.717, 1.165) is 25.3 Å². The van der Waals surface area contributed by atoms with Crippen LogP contribution >= 0.6 is 0 Å². The lowest BCUT2D eigenvalue weighted by Gasteiger charge is -2.37. The molecule has 1 aliphatic heterocycles. The van der Waals surface area contributed by atoms with Gasteiger partial charge in [-0.1, -0.05) is 72.4 Å². The predicted octanol–water partition coefficient (Wildman–Crippen LogP) is 5.08. The molecule has 0 spiro atoms. The van der Waals surface area contributed by atoms with Gasteiger partial charge in [0.15, 0.2) is 0 Å². The van der Waals surface area contributed by atoms with E-state index in [9.17, 15) is 0 Å². The van der Waals surface area contributed by atoms with Crippen LogP contribution in [0.2, 0.25) is 0 Å². The van der Waals surface area contributed by atoms with E-state index in [1.807, 2.05) is 0 Å². The normalized spacial score (nSPS) is 21.9. The van der Waals surface area contributed by atoms with Gasteiger partial charge < -0.3 is 4.90 Å². The molecule has 1 aromatic rings. The van der Waals surface area contributed by atoms with Gasteiger partial charge in [0, 0.05) is 18.0 Å². The molecule has 0 aromatic heterocycles. The Bertz CT molecular complexity index is 732. The summed E-state index contributed by atoms with van der Waals surface area (Å²) in [6.45, 7) is 8.22. The first-order chi connectivity index (χ1) is 12.2. The largest absolute Gasteiger partial charge is 0.347 e. The molecule has 0 saturated carbocycles. The second-order valence-electron chi connectivity index (χ2n) is 6.71. The highest BCUT2D eigenvalue weighted by atomic mass is 15.3. The fourth-order valence-electron chi connectivity index (χ4n) is 3.74. The number of allylic oxidation sites excluding steroid dienone is 5. The van der Waals surface area contributed by atoms with Crippen molar-refractivity contribution in [3.05, 3.63) is 83.5 Å². The average molecular weight is 332 g/mol. The molecule has 0 amide bonds. The van der Waals surface area contributed by atoms with Crippen LogP contribution in [-0.4, -0.2) is 29.9 Å². The first kappa shape index (κ1) is 17.5. The van der Waals surface area contributed by atoms with Gasteiger partial charge in [-0.05, 0) is 32.8 Å². The standard InChI is InChI=1S/C23H28N2/c1-4-9-19(5-2)22(20-10-7-6-8-11-20)25-17-16-24-23(25)21-14-12-18(3)13-15-21/h4-10,12-15,20,22H,11,16-17H2,1-3H3/b9-4-,19-5+. The van der Waals surface area contributed by atoms with Crippen LogP contribution in [0.25, 0.3) is 0 Å². The van der Waals surface area contributed by atoms with Crippen molar-refractivity contribution in [3.8, 4) is 0 Å². The fourth-order valence-corrected chi connectivity index (χ4v) is 3.74. The molecular weight excluding hydrogens is 304 g/mol. The fraction of sp³-hybridized carbons (Fsp3) is 0.348. The number of aliphatic imine (C=N–C) groups is 1. The molecule has 1 heterocycles. The summed E-state index contributed by atoms with van der Waals surface area (Å²) in [5, 5.41) is 0. The summed E-state index contributed by atoms with van der Waals surface area (Å²) in [5.41, 5.74) is 3.88. The molecule has 130 valence electrons. The van der Waals surface area contributed by atoms with Crippen LogP contribution in [0.4, 0.5) is 0 Å². The van der Waals surface area contributed by atoms with Crippen LogP contribution in [0, 0.1) is 12.8 Å². The van der Waals surface area contributed by atoms with Gasteiger partial charge in [-0.25, -0.2) is 0 Å². The first-order valence-corrected chi connectivity index (χ1v) is 9.25. The zero-order valence-corrected chi connectivity index (χ0v) is 15.5. The molecule has 2 nitrogen and oxygen atoms in total. The monoisotopic (exact) mass is 332 g/mol. The van der Waals surface area contributed by atoms with Crippen molar-refractivity contribution in [3.63, 3.8) is 0 Å². The van der Waals surface area contributed by atoms with Crippen molar-refractivity contribution >= 4 is 5.84 Å². The van der Waals surface area contributed by atoms with Crippen molar-refractivity contribution in [1.29, 1.82) is 0 Å². The molecule has 0 fully saturated rings. The zero-order chi connectivity index (χ0) is 17.6. The maximum absolute atomic E-state index is 4.86. The van der Waals surface area contributed by atoms with Crippen LogP contribution in [0.5, 0.6) is 0 Å². The van der Waals surface area contributed by atoms with E-state index in [1.165, 1.54) is 16.7 Å². The molecule has 2 heteroatoms. The second kappa shape index (κ2) is 8.15. The Morgan fingerprint density at radius 2 is 2.00 bits per heavy atom. The van der Waals surface area contributed by atoms with Crippen LogP contribution in [0.3, 0.4) is 0 Å². The number of aryl methyl sites for hydroxylation is 1. The SMILES string of the molecule is C/C=C\C(=C/C)C(C1C=CC=CC1)N1CCN=C1c1ccc(C)cc1. The molecule has 0 N–H and O–H groups in total. The minimum absolute atomic E-state index is 0.324. The molecule has 2 atom stereocenters. The predicted molar refractivity (Wildman–Crippen MR) is 108 cm³/mol. The number of benzene rings is 1. The first-order valence-electron chi connectivity index (χ1n) is 9.25. The van der Waals surface area contributed by atoms with Crippen LogP contribution in [0.15, 0.2) is 77.4 Å². The van der Waals surface area contributed by atoms with E-state index in [-0.39, 0.29) is 0 Å². The molecule has 1 aromatic carbocycles. The summed E-state index contributed by atoms with van der Waals surface area (Å²) in [5.74, 6) is 1.61. The molecule has 0 bridgehead atoms. The van der Waals surface area contributed by atoms with Gasteiger partial charge in [-0.3, -0.25) is 4.99 Å². The lowest BCUT2D eigenvalue weighted by molar-refractivity contribution is 0.313. The smallest absolute Gasteiger partial charge is 0.131 e. The molecule has 2 unspecified atom stereocenters. The van der Waals surface area contributed by atoms with E-state index in [4.69, 9.17) is 4.99 Å². The van der Waals surface area contributed by atoms with E-state index >= 15 is 0 Å². The maximum atomic E-state index is 4.86. The minimum atomic E-state index is 0.324. The number of hydrogen-bond donors (Lipinski definition) is 0. The van der Waals surface area contributed by atoms with Gasteiger partial charge in [0.1, 0.15) is 5.84 Å². The quantitative estimate of drug-likeness (QED) is 0.687. The molecule has 3 rings (SSSR count). The zero-order valence-electron chi connectivity index (χ0n) is 15.5. The number of nitrogens with zero attached hydrogens (tertiary/aromatic N) is 2. The molecule has 2 aliphatic rings. The summed E-state index contributed by atoms with van der Waals surface area (Å²) in [6.07, 6.45) is 16.7. The average Bonchev–Trinajstić information content (AvgIpc) is 3.12. The highest BCUT2D eigenvalue weighted by Crippen LogP contribution is 2.30. The Balaban J connectivity index is 1.97. The lowest BCUT2D eigenvalue weighted by atomic mass is 9.85. The summed E-state index contributed by atoms with van der Waals surface area (Å²) >= 11 is 0. The van der Waals surface area contributed by atoms with Gasteiger partial charge >= 0.3 is 0 Å². The number of amidine groups is 1. The molecule has 0 saturated heterocycles. The summed E-state index contributed by atoms with van der Waals surface area (Å²) < 4.78 is 0. The van der Waals surface area contributed by atoms with Crippen LogP contribution in [-0.2, 0) is 0 Å². The summed E-state index contributed by atoms with van der Waals surface area (Å²) in [7, 11) is 0. The Labute approximate surface area is 152 Å². The lowest BCUT2D eigenvalue weighted by Crippen LogP contribution is -2.44. The van der Waals surface area contributed by atoms with Crippen molar-refractivity contribution in [2.75, 3.05) is 13.1 Å². The van der Waals surface area contributed by atoms with E-state index in [0.29, 0.717) is 12.0 Å². The third kappa shape index (κ3) is 3.84. The Morgan fingerprint density at radius 1 is 1.20 bits per heavy atom. The van der Waals surface area contributed by atoms with Gasteiger partial charge in [-0.2, -0.15) is 0 Å². The second-order valence-corrected chi connectivity index (χ2v) is 6.71. The minimum Gasteiger partial charge on any atom is -0.347 e. The van der Waals surface area contributed by atoms with E-state index < -0.39 is 0 Å². The third-order valence-corrected chi connectivity index (χ3v) is 4.97. The van der Waals surface area contributed by atoms with Crippen LogP contribution < -0.4 is 0 Å². The van der Waals surface area contributed by atoms with Gasteiger partial charge in [-0.15, -0.1) is 0 Å².